The highest BCUT2D eigenvalue weighted by Crippen LogP contribution is 2.34. The Balaban J connectivity index is 2.19. The zero-order valence-electron chi connectivity index (χ0n) is 7.06. The maximum Gasteiger partial charge on any atom is 0.0969 e. The fourth-order valence-corrected chi connectivity index (χ4v) is 2.34. The van der Waals surface area contributed by atoms with Gasteiger partial charge >= 0.3 is 0 Å². The molecule has 1 fully saturated rings. The summed E-state index contributed by atoms with van der Waals surface area (Å²) in [7, 11) is 0. The van der Waals surface area contributed by atoms with Crippen LogP contribution in [0.3, 0.4) is 0 Å². The number of ether oxygens (including phenoxy) is 1. The van der Waals surface area contributed by atoms with Crippen LogP contribution in [0.15, 0.2) is 30.3 Å². The first-order valence-corrected chi connectivity index (χ1v) is 5.52. The molecule has 0 saturated carbocycles. The van der Waals surface area contributed by atoms with Crippen LogP contribution in [0, 0.1) is 0 Å². The zero-order chi connectivity index (χ0) is 9.26. The summed E-state index contributed by atoms with van der Waals surface area (Å²) in [5.74, 6) is 0. The SMILES string of the molecule is OC1COC(c2ccccc2)C1I. The number of benzene rings is 1. The third kappa shape index (κ3) is 1.87. The van der Waals surface area contributed by atoms with Gasteiger partial charge in [0.2, 0.25) is 0 Å². The first kappa shape index (κ1) is 9.43. The Bertz CT molecular complexity index is 276. The summed E-state index contributed by atoms with van der Waals surface area (Å²) in [6.45, 7) is 0.452. The Kier molecular flexibility index (Phi) is 2.86. The van der Waals surface area contributed by atoms with Gasteiger partial charge in [0.1, 0.15) is 0 Å². The Morgan fingerprint density at radius 3 is 2.54 bits per heavy atom. The van der Waals surface area contributed by atoms with Gasteiger partial charge in [-0.25, -0.2) is 0 Å². The second-order valence-electron chi connectivity index (χ2n) is 3.18. The van der Waals surface area contributed by atoms with Crippen LogP contribution in [0.5, 0.6) is 0 Å². The van der Waals surface area contributed by atoms with Crippen molar-refractivity contribution in [1.82, 2.24) is 0 Å². The minimum absolute atomic E-state index is 0.0526. The molecule has 3 heteroatoms. The summed E-state index contributed by atoms with van der Waals surface area (Å²) in [6, 6.07) is 10.0. The lowest BCUT2D eigenvalue weighted by molar-refractivity contribution is 0.0891. The van der Waals surface area contributed by atoms with Gasteiger partial charge in [-0.05, 0) is 5.56 Å². The quantitative estimate of drug-likeness (QED) is 0.632. The fraction of sp³-hybridized carbons (Fsp3) is 0.400. The maximum absolute atomic E-state index is 9.50. The van der Waals surface area contributed by atoms with Gasteiger partial charge in [-0.15, -0.1) is 0 Å². The van der Waals surface area contributed by atoms with E-state index >= 15 is 0 Å². The average molecular weight is 290 g/mol. The molecule has 0 amide bonds. The Hall–Kier alpha value is -0.130. The Morgan fingerprint density at radius 1 is 1.31 bits per heavy atom. The van der Waals surface area contributed by atoms with Crippen LogP contribution < -0.4 is 0 Å². The first-order chi connectivity index (χ1) is 6.29. The molecule has 0 spiro atoms. The number of hydrogen-bond donors (Lipinski definition) is 1. The van der Waals surface area contributed by atoms with Crippen molar-refractivity contribution in [1.29, 1.82) is 0 Å². The van der Waals surface area contributed by atoms with E-state index in [0.717, 1.165) is 5.56 Å². The van der Waals surface area contributed by atoms with E-state index in [-0.39, 0.29) is 16.1 Å². The second-order valence-corrected chi connectivity index (χ2v) is 4.61. The molecule has 0 aliphatic carbocycles. The molecule has 1 aliphatic rings. The number of alkyl halides is 1. The van der Waals surface area contributed by atoms with Gasteiger partial charge < -0.3 is 9.84 Å². The van der Waals surface area contributed by atoms with Gasteiger partial charge in [0.25, 0.3) is 0 Å². The first-order valence-electron chi connectivity index (χ1n) is 4.28. The van der Waals surface area contributed by atoms with Crippen LogP contribution in [0.25, 0.3) is 0 Å². The van der Waals surface area contributed by atoms with E-state index in [1.807, 2.05) is 30.3 Å². The predicted molar refractivity (Wildman–Crippen MR) is 58.9 cm³/mol. The standard InChI is InChI=1S/C10H11IO2/c11-9-8(12)6-13-10(9)7-4-2-1-3-5-7/h1-5,8-10,12H,6H2. The van der Waals surface area contributed by atoms with Gasteiger partial charge in [-0.2, -0.15) is 0 Å². The van der Waals surface area contributed by atoms with Gasteiger partial charge in [-0.1, -0.05) is 52.9 Å². The second kappa shape index (κ2) is 3.94. The zero-order valence-corrected chi connectivity index (χ0v) is 9.22. The molecule has 1 aromatic carbocycles. The topological polar surface area (TPSA) is 29.5 Å². The van der Waals surface area contributed by atoms with Crippen molar-refractivity contribution in [3.63, 3.8) is 0 Å². The normalized spacial score (nSPS) is 33.5. The highest BCUT2D eigenvalue weighted by Gasteiger charge is 2.34. The molecular weight excluding hydrogens is 279 g/mol. The Morgan fingerprint density at radius 2 is 2.00 bits per heavy atom. The molecular formula is C10H11IO2. The lowest BCUT2D eigenvalue weighted by Crippen LogP contribution is -2.18. The minimum Gasteiger partial charge on any atom is -0.390 e. The largest absolute Gasteiger partial charge is 0.390 e. The van der Waals surface area contributed by atoms with Crippen molar-refractivity contribution in [2.75, 3.05) is 6.61 Å². The van der Waals surface area contributed by atoms with E-state index in [2.05, 4.69) is 22.6 Å². The van der Waals surface area contributed by atoms with Crippen molar-refractivity contribution >= 4 is 22.6 Å². The van der Waals surface area contributed by atoms with Crippen LogP contribution in [0.2, 0.25) is 0 Å². The number of rotatable bonds is 1. The molecule has 1 aliphatic heterocycles. The molecule has 3 unspecified atom stereocenters. The maximum atomic E-state index is 9.50. The van der Waals surface area contributed by atoms with E-state index in [9.17, 15) is 5.11 Å². The minimum atomic E-state index is -0.328. The van der Waals surface area contributed by atoms with E-state index in [1.165, 1.54) is 0 Å². The molecule has 1 saturated heterocycles. The smallest absolute Gasteiger partial charge is 0.0969 e. The highest BCUT2D eigenvalue weighted by atomic mass is 127. The lowest BCUT2D eigenvalue weighted by atomic mass is 10.1. The molecule has 2 rings (SSSR count). The number of aliphatic hydroxyl groups excluding tert-OH is 1. The van der Waals surface area contributed by atoms with Crippen LogP contribution in [-0.4, -0.2) is 21.7 Å². The van der Waals surface area contributed by atoms with Gasteiger partial charge in [-0.3, -0.25) is 0 Å². The monoisotopic (exact) mass is 290 g/mol. The van der Waals surface area contributed by atoms with Crippen LogP contribution in [0.1, 0.15) is 11.7 Å². The summed E-state index contributed by atoms with van der Waals surface area (Å²) in [5.41, 5.74) is 1.15. The molecule has 0 aromatic heterocycles. The van der Waals surface area contributed by atoms with Gasteiger partial charge in [0, 0.05) is 0 Å². The summed E-state index contributed by atoms with van der Waals surface area (Å²) in [5, 5.41) is 9.50. The number of hydrogen-bond acceptors (Lipinski definition) is 2. The van der Waals surface area contributed by atoms with Crippen LogP contribution >= 0.6 is 22.6 Å². The molecule has 70 valence electrons. The van der Waals surface area contributed by atoms with E-state index in [4.69, 9.17) is 4.74 Å². The number of aliphatic hydroxyl groups is 1. The average Bonchev–Trinajstić information content (AvgIpc) is 2.49. The third-order valence-corrected chi connectivity index (χ3v) is 3.71. The molecule has 1 aromatic rings. The van der Waals surface area contributed by atoms with E-state index in [1.54, 1.807) is 0 Å². The molecule has 1 N–H and O–H groups in total. The van der Waals surface area contributed by atoms with Crippen LogP contribution in [-0.2, 0) is 4.74 Å². The van der Waals surface area contributed by atoms with E-state index in [0.29, 0.717) is 6.61 Å². The Labute approximate surface area is 91.1 Å². The summed E-state index contributed by atoms with van der Waals surface area (Å²) in [4.78, 5) is 0. The van der Waals surface area contributed by atoms with Gasteiger partial charge in [0.15, 0.2) is 0 Å². The summed E-state index contributed by atoms with van der Waals surface area (Å²) in [6.07, 6.45) is -0.275. The van der Waals surface area contributed by atoms with Crippen molar-refractivity contribution in [2.24, 2.45) is 0 Å². The molecule has 0 radical (unpaired) electrons. The molecule has 0 bridgehead atoms. The summed E-state index contributed by atoms with van der Waals surface area (Å²) < 4.78 is 5.67. The highest BCUT2D eigenvalue weighted by molar-refractivity contribution is 14.1. The fourth-order valence-electron chi connectivity index (χ4n) is 1.51. The molecule has 13 heavy (non-hydrogen) atoms. The third-order valence-electron chi connectivity index (χ3n) is 2.23. The van der Waals surface area contributed by atoms with Crippen LogP contribution in [0.4, 0.5) is 0 Å². The summed E-state index contributed by atoms with van der Waals surface area (Å²) >= 11 is 2.25. The van der Waals surface area contributed by atoms with Crippen molar-refractivity contribution < 1.29 is 9.84 Å². The predicted octanol–water partition coefficient (Wildman–Crippen LogP) is 1.92. The number of halogens is 1. The molecule has 3 atom stereocenters. The van der Waals surface area contributed by atoms with Crippen molar-refractivity contribution in [3.8, 4) is 0 Å². The lowest BCUT2D eigenvalue weighted by Gasteiger charge is -2.14. The molecule has 2 nitrogen and oxygen atoms in total. The van der Waals surface area contributed by atoms with Gasteiger partial charge in [0.05, 0.1) is 22.7 Å². The molecule has 1 heterocycles. The van der Waals surface area contributed by atoms with Crippen molar-refractivity contribution in [3.05, 3.63) is 35.9 Å². The van der Waals surface area contributed by atoms with E-state index < -0.39 is 0 Å². The van der Waals surface area contributed by atoms with Crippen molar-refractivity contribution in [2.45, 2.75) is 16.1 Å².